The van der Waals surface area contributed by atoms with Crippen molar-refractivity contribution in [3.8, 4) is 0 Å². The van der Waals surface area contributed by atoms with Gasteiger partial charge in [-0.05, 0) is 94.0 Å². The topological polar surface area (TPSA) is 394 Å². The number of urea groups is 1. The average Bonchev–Trinajstić information content (AvgIpc) is 1.57. The standard InChI is InChI=1S/C76H115ClN8O22/c1-49(2)59(44-57(86)25-29-99-31-33-101-35-37-103-39-38-102-36-34-100-32-30-98-28-15-17-58(87)47-78)70(91)81-60(18-13-26-80-72(79)93)62(88)43-54-21-23-55(24-22-54)48-104-74(95)83(8)27-14-20-66(89)84(9)53(6)71(92)106-65-45-67(90)85(10)61-42-56(41-51(4)68(61)77)40-50(3)16-12-19-64(97-11)76(96)46-63(105-73(94)82-76)52(5)69-75(65,7)107-69/h12,16,19,21-24,41-42,49,52-53,59-60,63-65,69,96H,13-15,17-18,20,25-40,43-48,78H2,1-11H3,(H,81,91)(H,82,94)(H3,79,80,93)/b19-12+,50-16+/t52-,53+,59+,60+,63+,64-,65+,69?,75+,76-/m1/s1. The molecule has 8 N–H and O–H groups in total. The number of esters is 1. The van der Waals surface area contributed by atoms with Crippen molar-refractivity contribution < 1.29 is 105 Å². The van der Waals surface area contributed by atoms with Crippen LogP contribution in [0.4, 0.5) is 20.1 Å². The van der Waals surface area contributed by atoms with Gasteiger partial charge < -0.3 is 94.0 Å². The largest absolute Gasteiger partial charge is 0.457 e. The molecule has 2 fully saturated rings. The predicted molar refractivity (Wildman–Crippen MR) is 396 cm³/mol. The van der Waals surface area contributed by atoms with Gasteiger partial charge >= 0.3 is 24.2 Å². The number of rotatable bonds is 45. The number of nitrogens with one attached hydrogen (secondary N) is 3. The first-order valence-electron chi connectivity index (χ1n) is 36.7. The molecule has 2 aromatic carbocycles. The minimum Gasteiger partial charge on any atom is -0.457 e. The summed E-state index contributed by atoms with van der Waals surface area (Å²) >= 11 is 6.86. The van der Waals surface area contributed by atoms with E-state index in [1.807, 2.05) is 45.9 Å². The predicted octanol–water partition coefficient (Wildman–Crippen LogP) is 5.94. The molecule has 7 amide bonds. The summed E-state index contributed by atoms with van der Waals surface area (Å²) in [5.74, 6) is -4.26. The van der Waals surface area contributed by atoms with Crippen LogP contribution in [0.15, 0.2) is 60.2 Å². The van der Waals surface area contributed by atoms with Gasteiger partial charge in [0, 0.05) is 98.3 Å². The molecular formula is C76H115ClN8O22. The quantitative estimate of drug-likeness (QED) is 0.0193. The molecule has 0 spiro atoms. The molecule has 3 heterocycles. The number of methoxy groups -OCH3 is 1. The molecule has 5 rings (SSSR count). The molecule has 3 aliphatic heterocycles. The number of benzene rings is 2. The first-order valence-corrected chi connectivity index (χ1v) is 37.1. The number of ketones is 3. The summed E-state index contributed by atoms with van der Waals surface area (Å²) in [5.41, 5.74) is 11.5. The van der Waals surface area contributed by atoms with Gasteiger partial charge in [0.15, 0.2) is 11.5 Å². The third-order valence-corrected chi connectivity index (χ3v) is 19.6. The number of primary amides is 1. The molecule has 1 unspecified atom stereocenters. The van der Waals surface area contributed by atoms with Crippen LogP contribution < -0.4 is 32.3 Å². The maximum Gasteiger partial charge on any atom is 0.409 e. The number of nitrogens with two attached hydrogens (primary N) is 2. The maximum atomic E-state index is 14.4. The number of aliphatic hydroxyl groups is 1. The molecule has 31 heteroatoms. The first-order chi connectivity index (χ1) is 50.9. The molecule has 107 heavy (non-hydrogen) atoms. The van der Waals surface area contributed by atoms with Crippen LogP contribution in [0.2, 0.25) is 5.02 Å². The summed E-state index contributed by atoms with van der Waals surface area (Å²) in [6, 6.07) is 7.71. The van der Waals surface area contributed by atoms with E-state index in [9.17, 15) is 53.1 Å². The van der Waals surface area contributed by atoms with Crippen LogP contribution >= 0.6 is 11.6 Å². The van der Waals surface area contributed by atoms with Crippen LogP contribution in [0.3, 0.4) is 0 Å². The Kier molecular flexibility index (Phi) is 38.8. The van der Waals surface area contributed by atoms with E-state index < -0.39 is 102 Å². The normalized spacial score (nSPS) is 21.8. The Hall–Kier alpha value is -7.49. The number of epoxide rings is 1. The van der Waals surface area contributed by atoms with Crippen LogP contribution in [0.1, 0.15) is 128 Å². The van der Waals surface area contributed by atoms with Crippen molar-refractivity contribution in [1.29, 1.82) is 0 Å². The summed E-state index contributed by atoms with van der Waals surface area (Å²) in [7, 11) is 5.95. The molecule has 10 atom stereocenters. The molecule has 0 saturated carbocycles. The van der Waals surface area contributed by atoms with E-state index >= 15 is 0 Å². The van der Waals surface area contributed by atoms with Crippen LogP contribution in [0.25, 0.3) is 0 Å². The number of hydrogen-bond acceptors (Lipinski definition) is 23. The highest BCUT2D eigenvalue weighted by atomic mass is 35.5. The number of likely N-dealkylation sites (N-methyl/N-ethyl adjacent to an activating group) is 1. The van der Waals surface area contributed by atoms with Gasteiger partial charge in [0.05, 0.1) is 108 Å². The highest BCUT2D eigenvalue weighted by Crippen LogP contribution is 2.49. The summed E-state index contributed by atoms with van der Waals surface area (Å²) in [4.78, 5) is 136. The van der Waals surface area contributed by atoms with E-state index in [-0.39, 0.29) is 121 Å². The molecule has 3 aliphatic rings. The molecule has 0 aromatic heterocycles. The smallest absolute Gasteiger partial charge is 0.409 e. The van der Waals surface area contributed by atoms with Gasteiger partial charge in [0.2, 0.25) is 17.7 Å². The third kappa shape index (κ3) is 30.5. The molecule has 0 radical (unpaired) electrons. The number of allylic oxidation sites excluding steroid dienone is 3. The Morgan fingerprint density at radius 1 is 0.822 bits per heavy atom. The zero-order chi connectivity index (χ0) is 78.8. The Labute approximate surface area is 633 Å². The van der Waals surface area contributed by atoms with Gasteiger partial charge in [-0.2, -0.15) is 0 Å². The van der Waals surface area contributed by atoms with Crippen molar-refractivity contribution in [2.45, 2.75) is 180 Å². The molecule has 0 aliphatic carbocycles. The van der Waals surface area contributed by atoms with Gasteiger partial charge in [-0.15, -0.1) is 0 Å². The Morgan fingerprint density at radius 2 is 1.43 bits per heavy atom. The summed E-state index contributed by atoms with van der Waals surface area (Å²) in [5, 5.41) is 20.2. The van der Waals surface area contributed by atoms with Crippen LogP contribution in [-0.2, 0) is 105 Å². The fourth-order valence-corrected chi connectivity index (χ4v) is 12.5. The van der Waals surface area contributed by atoms with Crippen molar-refractivity contribution >= 4 is 76.5 Å². The van der Waals surface area contributed by atoms with E-state index in [1.165, 1.54) is 42.8 Å². The van der Waals surface area contributed by atoms with Crippen LogP contribution in [0.5, 0.6) is 0 Å². The Bertz CT molecular complexity index is 3310. The van der Waals surface area contributed by atoms with Crippen LogP contribution in [-0.4, -0.2) is 249 Å². The van der Waals surface area contributed by atoms with Crippen molar-refractivity contribution in [2.24, 2.45) is 29.2 Å². The lowest BCUT2D eigenvalue weighted by atomic mass is 9.83. The molecule has 30 nitrogen and oxygen atoms in total. The van der Waals surface area contributed by atoms with Gasteiger partial charge in [0.1, 0.15) is 48.1 Å². The lowest BCUT2D eigenvalue weighted by Crippen LogP contribution is -2.63. The number of halogens is 1. The number of carbonyl (C=O) groups is 10. The zero-order valence-corrected chi connectivity index (χ0v) is 64.8. The van der Waals surface area contributed by atoms with Gasteiger partial charge in [-0.25, -0.2) is 19.2 Å². The van der Waals surface area contributed by atoms with E-state index in [4.69, 9.17) is 75.2 Å². The summed E-state index contributed by atoms with van der Waals surface area (Å²) in [6.07, 6.45) is 1.39. The minimum atomic E-state index is -1.89. The Balaban J connectivity index is 1.05. The number of Topliss-reactive ketones (excluding diaryl/α,β-unsaturated/α-hetero) is 3. The number of carbonyl (C=O) groups excluding carboxylic acids is 10. The third-order valence-electron chi connectivity index (χ3n) is 19.1. The lowest BCUT2D eigenvalue weighted by Gasteiger charge is -2.42. The molecular weight excluding hydrogens is 1410 g/mol. The van der Waals surface area contributed by atoms with E-state index in [0.29, 0.717) is 107 Å². The summed E-state index contributed by atoms with van der Waals surface area (Å²) in [6.45, 7) is 16.9. The first kappa shape index (κ1) is 90.1. The average molecular weight is 1530 g/mol. The SMILES string of the molecule is CO[C@@H]1/C=C/C=C(\C)Cc2cc(C)c(Cl)c(c2)N(C)C(=O)C[C@H](OC(=O)[C@H](C)N(C)C(=O)CCCN(C)C(=O)OCc2ccc(CC(=O)[C@H](CCCNC(N)=O)NC(=O)[C@@H](CC(=O)CCOCCOCCOCCOCCOCCOCCCC(=O)CN)C(C)C)cc2)[C@]2(C)OC2[C@H](C)[C@@H]2C[C@]1(O)NC(=O)O2. The lowest BCUT2D eigenvalue weighted by molar-refractivity contribution is -0.162. The Morgan fingerprint density at radius 3 is 2.03 bits per heavy atom. The number of aryl methyl sites for hydroxylation is 1. The second-order valence-electron chi connectivity index (χ2n) is 27.9. The highest BCUT2D eigenvalue weighted by Gasteiger charge is 2.64. The number of nitrogens with zero attached hydrogens (tertiary/aromatic N) is 3. The minimum absolute atomic E-state index is 0.0145. The molecule has 2 aromatic rings. The van der Waals surface area contributed by atoms with Crippen molar-refractivity contribution in [3.63, 3.8) is 0 Å². The molecule has 2 saturated heterocycles. The fourth-order valence-electron chi connectivity index (χ4n) is 12.3. The number of ether oxygens (including phenoxy) is 11. The van der Waals surface area contributed by atoms with Crippen molar-refractivity contribution in [3.05, 3.63) is 87.5 Å². The van der Waals surface area contributed by atoms with Crippen molar-refractivity contribution in [1.82, 2.24) is 25.8 Å². The summed E-state index contributed by atoms with van der Waals surface area (Å²) < 4.78 is 62.6. The maximum absolute atomic E-state index is 14.4. The number of alkyl carbamates (subject to hydrolysis) is 1. The van der Waals surface area contributed by atoms with Crippen molar-refractivity contribution in [2.75, 3.05) is 132 Å². The molecule has 598 valence electrons. The van der Waals surface area contributed by atoms with Gasteiger partial charge in [0.25, 0.3) is 0 Å². The molecule has 4 bridgehead atoms. The number of anilines is 1. The second kappa shape index (κ2) is 46.1. The fraction of sp³-hybridized carbons (Fsp3) is 0.658. The number of amides is 7. The highest BCUT2D eigenvalue weighted by molar-refractivity contribution is 6.34. The zero-order valence-electron chi connectivity index (χ0n) is 64.1. The number of fused-ring (bicyclic) bond motifs is 5. The van der Waals surface area contributed by atoms with E-state index in [1.54, 1.807) is 57.3 Å². The van der Waals surface area contributed by atoms with Gasteiger partial charge in [-0.1, -0.05) is 86.5 Å². The second-order valence-corrected chi connectivity index (χ2v) is 28.3. The monoisotopic (exact) mass is 1530 g/mol. The van der Waals surface area contributed by atoms with E-state index in [2.05, 4.69) is 16.0 Å². The number of hydrogen-bond donors (Lipinski definition) is 6. The van der Waals surface area contributed by atoms with E-state index in [0.717, 1.165) is 16.7 Å². The van der Waals surface area contributed by atoms with Crippen LogP contribution in [0, 0.1) is 24.7 Å². The van der Waals surface area contributed by atoms with Gasteiger partial charge in [-0.3, -0.25) is 34.1 Å².